The summed E-state index contributed by atoms with van der Waals surface area (Å²) in [5, 5.41) is 4.96. The van der Waals surface area contributed by atoms with Gasteiger partial charge >= 0.3 is 0 Å². The van der Waals surface area contributed by atoms with E-state index in [1.807, 2.05) is 48.5 Å². The highest BCUT2D eigenvalue weighted by Crippen LogP contribution is 2.35. The molecule has 0 saturated carbocycles. The predicted octanol–water partition coefficient (Wildman–Crippen LogP) is 4.12. The number of ether oxygens (including phenoxy) is 2. The summed E-state index contributed by atoms with van der Waals surface area (Å²) >= 11 is 7.48. The van der Waals surface area contributed by atoms with Gasteiger partial charge in [-0.1, -0.05) is 47.2 Å². The number of hydrogen-bond donors (Lipinski definition) is 0. The van der Waals surface area contributed by atoms with E-state index in [9.17, 15) is 4.79 Å². The van der Waals surface area contributed by atoms with Crippen LogP contribution in [0.1, 0.15) is 17.7 Å². The Morgan fingerprint density at radius 2 is 1.88 bits per heavy atom. The second-order valence-corrected chi connectivity index (χ2v) is 8.54. The molecule has 0 amide bonds. The van der Waals surface area contributed by atoms with Gasteiger partial charge in [0.2, 0.25) is 4.96 Å². The van der Waals surface area contributed by atoms with Crippen LogP contribution in [-0.2, 0) is 0 Å². The normalized spacial score (nSPS) is 16.0. The van der Waals surface area contributed by atoms with Crippen LogP contribution in [0.15, 0.2) is 69.9 Å². The summed E-state index contributed by atoms with van der Waals surface area (Å²) in [5.74, 6) is 2.90. The topological polar surface area (TPSA) is 78.9 Å². The summed E-state index contributed by atoms with van der Waals surface area (Å²) in [6.45, 7) is 0.277. The Morgan fingerprint density at radius 3 is 2.72 bits per heavy atom. The first-order valence-corrected chi connectivity index (χ1v) is 11.0. The highest BCUT2D eigenvalue weighted by atomic mass is 35.5. The molecule has 1 atom stereocenters. The van der Waals surface area contributed by atoms with E-state index >= 15 is 0 Å². The molecule has 0 aliphatic carbocycles. The van der Waals surface area contributed by atoms with Crippen LogP contribution in [0.3, 0.4) is 0 Å². The van der Waals surface area contributed by atoms with Gasteiger partial charge in [0.05, 0.1) is 5.02 Å². The smallest absolute Gasteiger partial charge is 0.291 e. The van der Waals surface area contributed by atoms with Crippen LogP contribution in [0.2, 0.25) is 5.02 Å². The molecule has 32 heavy (non-hydrogen) atoms. The minimum Gasteiger partial charge on any atom is -0.485 e. The lowest BCUT2D eigenvalue weighted by Crippen LogP contribution is -2.26. The zero-order valence-electron chi connectivity index (χ0n) is 16.4. The summed E-state index contributed by atoms with van der Waals surface area (Å²) in [4.78, 5) is 17.8. The van der Waals surface area contributed by atoms with Crippen molar-refractivity contribution in [3.63, 3.8) is 0 Å². The van der Waals surface area contributed by atoms with Crippen molar-refractivity contribution in [3.05, 3.63) is 92.2 Å². The van der Waals surface area contributed by atoms with Gasteiger partial charge < -0.3 is 13.9 Å². The molecule has 0 bridgehead atoms. The minimum atomic E-state index is -0.480. The zero-order chi connectivity index (χ0) is 21.7. The molecule has 1 aliphatic heterocycles. The van der Waals surface area contributed by atoms with Crippen molar-refractivity contribution in [1.29, 1.82) is 0 Å². The Bertz CT molecular complexity index is 1570. The molecule has 0 spiro atoms. The number of aromatic nitrogens is 3. The van der Waals surface area contributed by atoms with Crippen LogP contribution in [0.25, 0.3) is 22.4 Å². The third-order valence-electron chi connectivity index (χ3n) is 5.03. The van der Waals surface area contributed by atoms with Crippen molar-refractivity contribution in [2.75, 3.05) is 6.61 Å². The maximum Gasteiger partial charge on any atom is 0.291 e. The largest absolute Gasteiger partial charge is 0.485 e. The Kier molecular flexibility index (Phi) is 4.48. The maximum atomic E-state index is 12.9. The fourth-order valence-electron chi connectivity index (χ4n) is 3.50. The summed E-state index contributed by atoms with van der Waals surface area (Å²) in [6.07, 6.45) is 1.20. The van der Waals surface area contributed by atoms with Crippen molar-refractivity contribution < 1.29 is 13.9 Å². The molecule has 4 heterocycles. The van der Waals surface area contributed by atoms with E-state index in [0.29, 0.717) is 43.4 Å². The van der Waals surface area contributed by atoms with E-state index in [2.05, 4.69) is 10.1 Å². The molecule has 0 N–H and O–H groups in total. The third-order valence-corrected chi connectivity index (χ3v) is 6.32. The first-order valence-electron chi connectivity index (χ1n) is 9.80. The van der Waals surface area contributed by atoms with Crippen LogP contribution in [0, 0.1) is 0 Å². The van der Waals surface area contributed by atoms with Crippen LogP contribution >= 0.6 is 22.9 Å². The molecule has 2 aromatic carbocycles. The number of thiazole rings is 1. The van der Waals surface area contributed by atoms with Crippen molar-refractivity contribution >= 4 is 34.0 Å². The van der Waals surface area contributed by atoms with E-state index in [0.717, 1.165) is 5.56 Å². The monoisotopic (exact) mass is 463 g/mol. The summed E-state index contributed by atoms with van der Waals surface area (Å²) in [6, 6.07) is 18.5. The van der Waals surface area contributed by atoms with Crippen molar-refractivity contribution in [2.24, 2.45) is 0 Å². The first-order chi connectivity index (χ1) is 15.7. The Hall–Kier alpha value is -3.62. The van der Waals surface area contributed by atoms with Crippen LogP contribution < -0.4 is 19.6 Å². The van der Waals surface area contributed by atoms with Gasteiger partial charge in [0.15, 0.2) is 23.4 Å². The molecule has 0 unspecified atom stereocenters. The number of fused-ring (bicyclic) bond motifs is 2. The van der Waals surface area contributed by atoms with Gasteiger partial charge in [-0.25, -0.2) is 0 Å². The lowest BCUT2D eigenvalue weighted by molar-refractivity contribution is 0.0852. The molecule has 0 fully saturated rings. The lowest BCUT2D eigenvalue weighted by Gasteiger charge is -2.24. The molecule has 6 rings (SSSR count). The van der Waals surface area contributed by atoms with E-state index in [1.54, 1.807) is 18.2 Å². The Balaban J connectivity index is 1.31. The Morgan fingerprint density at radius 1 is 1.06 bits per heavy atom. The number of nitrogens with zero attached hydrogens (tertiary/aromatic N) is 3. The highest BCUT2D eigenvalue weighted by molar-refractivity contribution is 7.15. The minimum absolute atomic E-state index is 0.267. The van der Waals surface area contributed by atoms with E-state index < -0.39 is 6.10 Å². The highest BCUT2D eigenvalue weighted by Gasteiger charge is 2.27. The zero-order valence-corrected chi connectivity index (χ0v) is 18.0. The van der Waals surface area contributed by atoms with E-state index in [1.165, 1.54) is 15.9 Å². The number of halogens is 1. The molecule has 158 valence electrons. The fraction of sp³-hybridized carbons (Fsp3) is 0.0870. The number of para-hydroxylation sites is 2. The number of hydrogen-bond acceptors (Lipinski definition) is 7. The number of benzene rings is 2. The van der Waals surface area contributed by atoms with Crippen molar-refractivity contribution in [3.8, 4) is 22.8 Å². The van der Waals surface area contributed by atoms with Gasteiger partial charge in [-0.3, -0.25) is 4.79 Å². The van der Waals surface area contributed by atoms with Crippen LogP contribution in [0.5, 0.6) is 11.5 Å². The second-order valence-electron chi connectivity index (χ2n) is 7.13. The third kappa shape index (κ3) is 3.24. The van der Waals surface area contributed by atoms with Crippen molar-refractivity contribution in [2.45, 2.75) is 6.10 Å². The number of furan rings is 1. The van der Waals surface area contributed by atoms with Gasteiger partial charge in [-0.2, -0.15) is 9.50 Å². The average Bonchev–Trinajstić information content (AvgIpc) is 3.51. The van der Waals surface area contributed by atoms with Crippen LogP contribution in [-0.4, -0.2) is 21.2 Å². The van der Waals surface area contributed by atoms with Gasteiger partial charge in [-0.15, -0.1) is 5.10 Å². The standard InChI is InChI=1S/C23H14ClN3O4S/c24-15-6-2-1-5-14(15)16-10-9-13(30-16)11-20-22(28)27-23(32-20)25-21(26-27)19-12-29-17-7-3-4-8-18(17)31-19/h1-11,19H,12H2/b20-11-/t19-/m0/s1. The summed E-state index contributed by atoms with van der Waals surface area (Å²) in [7, 11) is 0. The molecular weight excluding hydrogens is 450 g/mol. The molecule has 1 aliphatic rings. The molecule has 3 aromatic heterocycles. The second kappa shape index (κ2) is 7.51. The van der Waals surface area contributed by atoms with E-state index in [-0.39, 0.29) is 12.2 Å². The SMILES string of the molecule is O=c1/c(=C/c2ccc(-c3ccccc3Cl)o2)sc2nc([C@@H]3COc4ccccc4O3)nn12. The summed E-state index contributed by atoms with van der Waals surface area (Å²) in [5.41, 5.74) is 0.524. The molecular formula is C23H14ClN3O4S. The van der Waals surface area contributed by atoms with Gasteiger partial charge in [0, 0.05) is 11.6 Å². The molecule has 0 radical (unpaired) electrons. The molecule has 0 saturated heterocycles. The molecule has 7 nitrogen and oxygen atoms in total. The first kappa shape index (κ1) is 19.1. The lowest BCUT2D eigenvalue weighted by atomic mass is 10.2. The van der Waals surface area contributed by atoms with Crippen LogP contribution in [0.4, 0.5) is 0 Å². The Labute approximate surface area is 190 Å². The number of rotatable bonds is 3. The predicted molar refractivity (Wildman–Crippen MR) is 120 cm³/mol. The quantitative estimate of drug-likeness (QED) is 0.400. The fourth-order valence-corrected chi connectivity index (χ4v) is 4.62. The maximum absolute atomic E-state index is 12.9. The summed E-state index contributed by atoms with van der Waals surface area (Å²) < 4.78 is 19.3. The van der Waals surface area contributed by atoms with Gasteiger partial charge in [0.1, 0.15) is 22.7 Å². The van der Waals surface area contributed by atoms with Gasteiger partial charge in [0.25, 0.3) is 5.56 Å². The molecule has 5 aromatic rings. The average molecular weight is 464 g/mol. The van der Waals surface area contributed by atoms with E-state index in [4.69, 9.17) is 25.5 Å². The molecule has 9 heteroatoms. The van der Waals surface area contributed by atoms with Gasteiger partial charge in [-0.05, 0) is 36.4 Å². The van der Waals surface area contributed by atoms with Crippen molar-refractivity contribution in [1.82, 2.24) is 14.6 Å².